The number of aryl methyl sites for hydroxylation is 1. The lowest BCUT2D eigenvalue weighted by molar-refractivity contribution is -0.134. The fourth-order valence-corrected chi connectivity index (χ4v) is 2.49. The average molecular weight is 325 g/mol. The molecule has 0 N–H and O–H groups in total. The van der Waals surface area contributed by atoms with E-state index < -0.39 is 0 Å². The number of fused-ring (bicyclic) bond motifs is 1. The van der Waals surface area contributed by atoms with E-state index in [-0.39, 0.29) is 12.0 Å². The van der Waals surface area contributed by atoms with Gasteiger partial charge in [-0.25, -0.2) is 4.98 Å². The predicted molar refractivity (Wildman–Crippen MR) is 84.3 cm³/mol. The van der Waals surface area contributed by atoms with Crippen LogP contribution in [0.4, 0.5) is 0 Å². The molecule has 0 spiro atoms. The molecule has 24 heavy (non-hydrogen) atoms. The van der Waals surface area contributed by atoms with E-state index in [0.717, 1.165) is 5.69 Å². The van der Waals surface area contributed by atoms with Crippen LogP contribution >= 0.6 is 0 Å². The van der Waals surface area contributed by atoms with Crippen molar-refractivity contribution in [1.29, 1.82) is 0 Å². The van der Waals surface area contributed by atoms with Gasteiger partial charge in [0.1, 0.15) is 18.2 Å². The first kappa shape index (κ1) is 14.4. The molecule has 1 saturated heterocycles. The van der Waals surface area contributed by atoms with Crippen LogP contribution in [-0.4, -0.2) is 49.6 Å². The Morgan fingerprint density at radius 1 is 1.46 bits per heavy atom. The number of likely N-dealkylation sites (tertiary alicyclic amines) is 1. The summed E-state index contributed by atoms with van der Waals surface area (Å²) in [4.78, 5) is 22.1. The Labute approximate surface area is 137 Å². The summed E-state index contributed by atoms with van der Waals surface area (Å²) < 4.78 is 12.6. The van der Waals surface area contributed by atoms with Crippen LogP contribution in [0.3, 0.4) is 0 Å². The highest BCUT2D eigenvalue weighted by atomic mass is 16.5. The van der Waals surface area contributed by atoms with Gasteiger partial charge in [-0.2, -0.15) is 14.6 Å². The summed E-state index contributed by atoms with van der Waals surface area (Å²) in [6.45, 7) is 2.93. The number of hydrogen-bond donors (Lipinski definition) is 0. The molecule has 0 saturated carbocycles. The third kappa shape index (κ3) is 2.73. The maximum absolute atomic E-state index is 12.0. The molecular formula is C16H15N5O3. The number of aromatic nitrogens is 4. The fraction of sp³-hybridized carbons (Fsp3) is 0.250. The summed E-state index contributed by atoms with van der Waals surface area (Å²) >= 11 is 0. The van der Waals surface area contributed by atoms with E-state index in [1.165, 1.54) is 12.4 Å². The van der Waals surface area contributed by atoms with Crippen molar-refractivity contribution in [2.24, 2.45) is 0 Å². The smallest absolute Gasteiger partial charge is 0.255 e. The number of hydrogen-bond acceptors (Lipinski definition) is 6. The van der Waals surface area contributed by atoms with Gasteiger partial charge >= 0.3 is 0 Å². The zero-order valence-electron chi connectivity index (χ0n) is 13.0. The Balaban J connectivity index is 1.37. The number of ether oxygens (including phenoxy) is 1. The number of carbonyl (C=O) groups is 1. The molecule has 0 radical (unpaired) electrons. The SMILES string of the molecule is Cc1cc(OC2CN(C(=O)/C=C/c3ccco3)C2)n2ncnc2n1. The molecule has 1 amide bonds. The molecule has 1 aliphatic rings. The topological polar surface area (TPSA) is 85.8 Å². The lowest BCUT2D eigenvalue weighted by Crippen LogP contribution is -2.55. The monoisotopic (exact) mass is 325 g/mol. The Bertz CT molecular complexity index is 894. The maximum atomic E-state index is 12.0. The molecule has 4 rings (SSSR count). The lowest BCUT2D eigenvalue weighted by Gasteiger charge is -2.38. The molecule has 4 heterocycles. The second-order valence-corrected chi connectivity index (χ2v) is 5.54. The van der Waals surface area contributed by atoms with Gasteiger partial charge in [0.05, 0.1) is 19.4 Å². The van der Waals surface area contributed by atoms with Crippen LogP contribution in [0.25, 0.3) is 11.9 Å². The minimum atomic E-state index is -0.0693. The normalized spacial score (nSPS) is 15.1. The summed E-state index contributed by atoms with van der Waals surface area (Å²) in [7, 11) is 0. The van der Waals surface area contributed by atoms with Gasteiger partial charge in [0.15, 0.2) is 0 Å². The van der Waals surface area contributed by atoms with Crippen molar-refractivity contribution in [3.05, 3.63) is 48.3 Å². The zero-order chi connectivity index (χ0) is 16.5. The Hall–Kier alpha value is -3.16. The van der Waals surface area contributed by atoms with Crippen molar-refractivity contribution in [1.82, 2.24) is 24.5 Å². The third-order valence-electron chi connectivity index (χ3n) is 3.73. The molecule has 8 nitrogen and oxygen atoms in total. The summed E-state index contributed by atoms with van der Waals surface area (Å²) in [6, 6.07) is 5.38. The third-order valence-corrected chi connectivity index (χ3v) is 3.73. The highest BCUT2D eigenvalue weighted by Crippen LogP contribution is 2.19. The molecule has 3 aromatic heterocycles. The van der Waals surface area contributed by atoms with Gasteiger partial charge in [0.25, 0.3) is 5.78 Å². The predicted octanol–water partition coefficient (Wildman–Crippen LogP) is 1.33. The van der Waals surface area contributed by atoms with Crippen molar-refractivity contribution < 1.29 is 13.9 Å². The number of amides is 1. The number of furan rings is 1. The largest absolute Gasteiger partial charge is 0.470 e. The first-order valence-corrected chi connectivity index (χ1v) is 7.53. The molecule has 0 atom stereocenters. The van der Waals surface area contributed by atoms with Crippen molar-refractivity contribution in [3.8, 4) is 5.88 Å². The fourth-order valence-electron chi connectivity index (χ4n) is 2.49. The number of rotatable bonds is 4. The minimum Gasteiger partial charge on any atom is -0.470 e. The minimum absolute atomic E-state index is 0.0666. The van der Waals surface area contributed by atoms with E-state index in [9.17, 15) is 4.79 Å². The van der Waals surface area contributed by atoms with Gasteiger partial charge in [-0.05, 0) is 25.1 Å². The second kappa shape index (κ2) is 5.80. The Kier molecular flexibility index (Phi) is 3.49. The average Bonchev–Trinajstić information content (AvgIpc) is 3.18. The standard InChI is InChI=1S/C16H15N5O3/c1-11-7-15(21-16(19-11)17-10-18-21)24-13-8-20(9-13)14(22)5-4-12-3-2-6-23-12/h2-7,10,13H,8-9H2,1H3/b5-4+. The Morgan fingerprint density at radius 3 is 3.12 bits per heavy atom. The van der Waals surface area contributed by atoms with Gasteiger partial charge in [-0.15, -0.1) is 0 Å². The van der Waals surface area contributed by atoms with Gasteiger partial charge in [0, 0.05) is 17.8 Å². The molecule has 1 fully saturated rings. The van der Waals surface area contributed by atoms with E-state index in [0.29, 0.717) is 30.5 Å². The van der Waals surface area contributed by atoms with Crippen molar-refractivity contribution in [3.63, 3.8) is 0 Å². The van der Waals surface area contributed by atoms with Crippen LogP contribution in [0.1, 0.15) is 11.5 Å². The summed E-state index contributed by atoms with van der Waals surface area (Å²) in [5.74, 6) is 1.66. The first-order valence-electron chi connectivity index (χ1n) is 7.53. The highest BCUT2D eigenvalue weighted by molar-refractivity contribution is 5.92. The van der Waals surface area contributed by atoms with Crippen molar-refractivity contribution >= 4 is 17.8 Å². The van der Waals surface area contributed by atoms with Crippen LogP contribution in [-0.2, 0) is 4.79 Å². The maximum Gasteiger partial charge on any atom is 0.255 e. The van der Waals surface area contributed by atoms with Crippen molar-refractivity contribution in [2.45, 2.75) is 13.0 Å². The van der Waals surface area contributed by atoms with Crippen LogP contribution in [0, 0.1) is 6.92 Å². The van der Waals surface area contributed by atoms with Crippen LogP contribution in [0.2, 0.25) is 0 Å². The molecule has 122 valence electrons. The van der Waals surface area contributed by atoms with E-state index >= 15 is 0 Å². The van der Waals surface area contributed by atoms with Crippen LogP contribution in [0.15, 0.2) is 41.3 Å². The number of nitrogens with zero attached hydrogens (tertiary/aromatic N) is 5. The molecule has 0 aliphatic carbocycles. The van der Waals surface area contributed by atoms with Crippen LogP contribution < -0.4 is 4.74 Å². The first-order chi connectivity index (χ1) is 11.7. The van der Waals surface area contributed by atoms with Gasteiger partial charge in [0.2, 0.25) is 11.8 Å². The molecule has 3 aromatic rings. The Morgan fingerprint density at radius 2 is 2.33 bits per heavy atom. The lowest BCUT2D eigenvalue weighted by atomic mass is 10.1. The van der Waals surface area contributed by atoms with Gasteiger partial charge in [-0.3, -0.25) is 4.79 Å². The quantitative estimate of drug-likeness (QED) is 0.673. The second-order valence-electron chi connectivity index (χ2n) is 5.54. The van der Waals surface area contributed by atoms with Crippen LogP contribution in [0.5, 0.6) is 5.88 Å². The van der Waals surface area contributed by atoms with E-state index in [1.807, 2.05) is 13.0 Å². The number of carbonyl (C=O) groups excluding carboxylic acids is 1. The molecule has 0 aromatic carbocycles. The van der Waals surface area contributed by atoms with Gasteiger partial charge in [-0.1, -0.05) is 0 Å². The highest BCUT2D eigenvalue weighted by Gasteiger charge is 2.31. The summed E-state index contributed by atoms with van der Waals surface area (Å²) in [5, 5.41) is 4.10. The summed E-state index contributed by atoms with van der Waals surface area (Å²) in [6.07, 6.45) is 6.09. The van der Waals surface area contributed by atoms with E-state index in [1.54, 1.807) is 33.9 Å². The van der Waals surface area contributed by atoms with E-state index in [2.05, 4.69) is 15.1 Å². The van der Waals surface area contributed by atoms with Gasteiger partial charge < -0.3 is 14.1 Å². The molecule has 8 heteroatoms. The van der Waals surface area contributed by atoms with Crippen molar-refractivity contribution in [2.75, 3.05) is 13.1 Å². The summed E-state index contributed by atoms with van der Waals surface area (Å²) in [5.41, 5.74) is 0.805. The molecule has 0 unspecified atom stereocenters. The van der Waals surface area contributed by atoms with E-state index in [4.69, 9.17) is 9.15 Å². The zero-order valence-corrected chi connectivity index (χ0v) is 13.0. The molecule has 1 aliphatic heterocycles. The molecule has 0 bridgehead atoms. The molecular weight excluding hydrogens is 310 g/mol.